The maximum atomic E-state index is 12.5. The SMILES string of the molecule is Cc1ccc(C(=O)N2CCCC2c2ccncc2)o1. The second-order valence-electron chi connectivity index (χ2n) is 4.85. The predicted molar refractivity (Wildman–Crippen MR) is 70.7 cm³/mol. The summed E-state index contributed by atoms with van der Waals surface area (Å²) in [7, 11) is 0. The summed E-state index contributed by atoms with van der Waals surface area (Å²) in [4.78, 5) is 18.4. The molecule has 4 heteroatoms. The Morgan fingerprint density at radius 3 is 2.79 bits per heavy atom. The summed E-state index contributed by atoms with van der Waals surface area (Å²) in [5.41, 5.74) is 1.14. The molecule has 1 amide bonds. The van der Waals surface area contributed by atoms with E-state index in [9.17, 15) is 4.79 Å². The van der Waals surface area contributed by atoms with E-state index >= 15 is 0 Å². The predicted octanol–water partition coefficient (Wildman–Crippen LogP) is 2.96. The molecule has 3 rings (SSSR count). The van der Waals surface area contributed by atoms with Gasteiger partial charge in [-0.1, -0.05) is 0 Å². The minimum Gasteiger partial charge on any atom is -0.456 e. The van der Waals surface area contributed by atoms with Gasteiger partial charge < -0.3 is 9.32 Å². The number of nitrogens with zero attached hydrogens (tertiary/aromatic N) is 2. The van der Waals surface area contributed by atoms with Crippen molar-refractivity contribution in [3.63, 3.8) is 0 Å². The van der Waals surface area contributed by atoms with E-state index in [4.69, 9.17) is 4.42 Å². The van der Waals surface area contributed by atoms with Gasteiger partial charge in [-0.3, -0.25) is 9.78 Å². The van der Waals surface area contributed by atoms with E-state index in [1.165, 1.54) is 0 Å². The van der Waals surface area contributed by atoms with Gasteiger partial charge in [-0.15, -0.1) is 0 Å². The Hall–Kier alpha value is -2.10. The zero-order valence-corrected chi connectivity index (χ0v) is 10.9. The molecule has 0 saturated carbocycles. The van der Waals surface area contributed by atoms with Gasteiger partial charge in [-0.2, -0.15) is 0 Å². The molecule has 2 aromatic rings. The highest BCUT2D eigenvalue weighted by Crippen LogP contribution is 2.32. The van der Waals surface area contributed by atoms with Gasteiger partial charge in [0.15, 0.2) is 5.76 Å². The van der Waals surface area contributed by atoms with Crippen molar-refractivity contribution < 1.29 is 9.21 Å². The van der Waals surface area contributed by atoms with E-state index in [1.54, 1.807) is 18.5 Å². The van der Waals surface area contributed by atoms with Crippen LogP contribution >= 0.6 is 0 Å². The van der Waals surface area contributed by atoms with Crippen LogP contribution in [0.5, 0.6) is 0 Å². The third-order valence-corrected chi connectivity index (χ3v) is 3.56. The quantitative estimate of drug-likeness (QED) is 0.829. The average molecular weight is 256 g/mol. The van der Waals surface area contributed by atoms with Gasteiger partial charge in [0.1, 0.15) is 5.76 Å². The van der Waals surface area contributed by atoms with Crippen LogP contribution in [-0.2, 0) is 0 Å². The third-order valence-electron chi connectivity index (χ3n) is 3.56. The van der Waals surface area contributed by atoms with Crippen molar-refractivity contribution in [1.82, 2.24) is 9.88 Å². The molecule has 3 heterocycles. The van der Waals surface area contributed by atoms with E-state index in [1.807, 2.05) is 30.0 Å². The number of amides is 1. The van der Waals surface area contributed by atoms with E-state index in [2.05, 4.69) is 4.98 Å². The Labute approximate surface area is 112 Å². The number of carbonyl (C=O) groups is 1. The second kappa shape index (κ2) is 4.88. The Bertz CT molecular complexity index is 577. The molecule has 1 aliphatic heterocycles. The molecule has 19 heavy (non-hydrogen) atoms. The monoisotopic (exact) mass is 256 g/mol. The van der Waals surface area contributed by atoms with Crippen molar-refractivity contribution in [2.75, 3.05) is 6.54 Å². The van der Waals surface area contributed by atoms with Crippen molar-refractivity contribution in [3.05, 3.63) is 53.7 Å². The van der Waals surface area contributed by atoms with Gasteiger partial charge in [0.25, 0.3) is 5.91 Å². The Balaban J connectivity index is 1.86. The zero-order chi connectivity index (χ0) is 13.2. The van der Waals surface area contributed by atoms with Crippen LogP contribution in [0.15, 0.2) is 41.1 Å². The number of hydrogen-bond acceptors (Lipinski definition) is 3. The molecule has 0 bridgehead atoms. The lowest BCUT2D eigenvalue weighted by molar-refractivity contribution is 0.0702. The first-order valence-electron chi connectivity index (χ1n) is 6.53. The first-order valence-corrected chi connectivity index (χ1v) is 6.53. The summed E-state index contributed by atoms with van der Waals surface area (Å²) in [5.74, 6) is 1.17. The van der Waals surface area contributed by atoms with Crippen molar-refractivity contribution in [3.8, 4) is 0 Å². The summed E-state index contributed by atoms with van der Waals surface area (Å²) in [6, 6.07) is 7.67. The lowest BCUT2D eigenvalue weighted by Crippen LogP contribution is -2.30. The highest BCUT2D eigenvalue weighted by Gasteiger charge is 2.31. The maximum absolute atomic E-state index is 12.5. The van der Waals surface area contributed by atoms with Crippen LogP contribution < -0.4 is 0 Å². The largest absolute Gasteiger partial charge is 0.456 e. The number of hydrogen-bond donors (Lipinski definition) is 0. The van der Waals surface area contributed by atoms with Gasteiger partial charge in [0, 0.05) is 18.9 Å². The number of pyridine rings is 1. The minimum atomic E-state index is -0.0209. The fraction of sp³-hybridized carbons (Fsp3) is 0.333. The molecule has 1 unspecified atom stereocenters. The highest BCUT2D eigenvalue weighted by atomic mass is 16.3. The normalized spacial score (nSPS) is 18.8. The minimum absolute atomic E-state index is 0.0209. The number of furan rings is 1. The molecule has 0 aromatic carbocycles. The van der Waals surface area contributed by atoms with Gasteiger partial charge in [-0.05, 0) is 49.6 Å². The molecule has 0 spiro atoms. The molecule has 0 N–H and O–H groups in total. The number of aryl methyl sites for hydroxylation is 1. The molecule has 2 aromatic heterocycles. The molecule has 4 nitrogen and oxygen atoms in total. The Morgan fingerprint density at radius 1 is 1.32 bits per heavy atom. The summed E-state index contributed by atoms with van der Waals surface area (Å²) < 4.78 is 5.44. The summed E-state index contributed by atoms with van der Waals surface area (Å²) >= 11 is 0. The molecule has 1 fully saturated rings. The number of aromatic nitrogens is 1. The smallest absolute Gasteiger partial charge is 0.290 e. The fourth-order valence-corrected chi connectivity index (χ4v) is 2.63. The molecular weight excluding hydrogens is 240 g/mol. The zero-order valence-electron chi connectivity index (χ0n) is 10.9. The van der Waals surface area contributed by atoms with Crippen molar-refractivity contribution in [2.24, 2.45) is 0 Å². The van der Waals surface area contributed by atoms with Crippen LogP contribution in [0, 0.1) is 6.92 Å². The van der Waals surface area contributed by atoms with E-state index in [-0.39, 0.29) is 11.9 Å². The third kappa shape index (κ3) is 2.26. The number of likely N-dealkylation sites (tertiary alicyclic amines) is 1. The summed E-state index contributed by atoms with van der Waals surface area (Å²) in [6.45, 7) is 2.63. The topological polar surface area (TPSA) is 46.3 Å². The van der Waals surface area contributed by atoms with Crippen LogP contribution in [0.3, 0.4) is 0 Å². The van der Waals surface area contributed by atoms with Crippen molar-refractivity contribution >= 4 is 5.91 Å². The van der Waals surface area contributed by atoms with Gasteiger partial charge in [0.05, 0.1) is 6.04 Å². The van der Waals surface area contributed by atoms with Crippen LogP contribution in [0.1, 0.15) is 40.8 Å². The van der Waals surface area contributed by atoms with Crippen LogP contribution in [0.2, 0.25) is 0 Å². The standard InChI is InChI=1S/C15H16N2O2/c1-11-4-5-14(19-11)15(18)17-10-2-3-13(17)12-6-8-16-9-7-12/h4-9,13H,2-3,10H2,1H3. The molecule has 98 valence electrons. The van der Waals surface area contributed by atoms with E-state index in [0.717, 1.165) is 30.7 Å². The highest BCUT2D eigenvalue weighted by molar-refractivity contribution is 5.92. The molecule has 1 atom stereocenters. The van der Waals surface area contributed by atoms with Gasteiger partial charge >= 0.3 is 0 Å². The summed E-state index contributed by atoms with van der Waals surface area (Å²) in [5, 5.41) is 0. The van der Waals surface area contributed by atoms with Crippen LogP contribution in [-0.4, -0.2) is 22.3 Å². The van der Waals surface area contributed by atoms with Crippen LogP contribution in [0.25, 0.3) is 0 Å². The van der Waals surface area contributed by atoms with E-state index < -0.39 is 0 Å². The summed E-state index contributed by atoms with van der Waals surface area (Å²) in [6.07, 6.45) is 5.56. The van der Waals surface area contributed by atoms with E-state index in [0.29, 0.717) is 5.76 Å². The molecule has 0 radical (unpaired) electrons. The van der Waals surface area contributed by atoms with Crippen LogP contribution in [0.4, 0.5) is 0 Å². The number of rotatable bonds is 2. The van der Waals surface area contributed by atoms with Crippen molar-refractivity contribution in [1.29, 1.82) is 0 Å². The molecule has 1 aliphatic rings. The molecule has 1 saturated heterocycles. The van der Waals surface area contributed by atoms with Gasteiger partial charge in [-0.25, -0.2) is 0 Å². The average Bonchev–Trinajstić information content (AvgIpc) is 3.07. The number of carbonyl (C=O) groups excluding carboxylic acids is 1. The Morgan fingerprint density at radius 2 is 2.11 bits per heavy atom. The first-order chi connectivity index (χ1) is 9.25. The van der Waals surface area contributed by atoms with Gasteiger partial charge in [0.2, 0.25) is 0 Å². The fourth-order valence-electron chi connectivity index (χ4n) is 2.63. The lowest BCUT2D eigenvalue weighted by atomic mass is 10.1. The molecular formula is C15H16N2O2. The molecule has 0 aliphatic carbocycles. The first kappa shape index (κ1) is 12.0. The van der Waals surface area contributed by atoms with Crippen molar-refractivity contribution in [2.45, 2.75) is 25.8 Å². The Kier molecular flexibility index (Phi) is 3.07. The maximum Gasteiger partial charge on any atom is 0.290 e. The lowest BCUT2D eigenvalue weighted by Gasteiger charge is -2.24. The second-order valence-corrected chi connectivity index (χ2v) is 4.85.